The van der Waals surface area contributed by atoms with Gasteiger partial charge in [0.1, 0.15) is 0 Å². The van der Waals surface area contributed by atoms with Crippen molar-refractivity contribution in [2.45, 2.75) is 56.1 Å². The first-order valence-electron chi connectivity index (χ1n) is 5.88. The molecule has 2 fully saturated rings. The zero-order chi connectivity index (χ0) is 8.39. The maximum absolute atomic E-state index is 1.57. The first-order valence-corrected chi connectivity index (χ1v) is 7.03. The van der Waals surface area contributed by atoms with Crippen molar-refractivity contribution in [3.8, 4) is 0 Å². The topological polar surface area (TPSA) is 0 Å². The minimum absolute atomic E-state index is 1.17. The minimum Gasteiger partial charge on any atom is -0.0848 e. The lowest BCUT2D eigenvalue weighted by molar-refractivity contribution is 0.383. The predicted molar refractivity (Wildman–Crippen MR) is 56.2 cm³/mol. The molecule has 0 N–H and O–H groups in total. The Labute approximate surface area is 84.5 Å². The third-order valence-corrected chi connectivity index (χ3v) is 6.17. The predicted octanol–water partition coefficient (Wildman–Crippen LogP) is 2.79. The average Bonchev–Trinajstić information content (AvgIpc) is 2.77. The summed E-state index contributed by atoms with van der Waals surface area (Å²) in [6, 6.07) is 0. The molecule has 1 heteroatoms. The summed E-state index contributed by atoms with van der Waals surface area (Å²) >= 11 is 1.47. The van der Waals surface area contributed by atoms with E-state index >= 15 is 0 Å². The highest BCUT2D eigenvalue weighted by atomic mass is 27.0. The smallest absolute Gasteiger partial charge is 0.0848 e. The first-order chi connectivity index (χ1) is 5.88. The molecule has 0 unspecified atom stereocenters. The molecule has 12 heavy (non-hydrogen) atoms. The number of hydrogen-bond acceptors (Lipinski definition) is 0. The Hall–Kier alpha value is 0.532. The number of hydrogen-bond donors (Lipinski definition) is 0. The van der Waals surface area contributed by atoms with Crippen LogP contribution in [0, 0.1) is 11.8 Å². The van der Waals surface area contributed by atoms with Gasteiger partial charge in [0.05, 0.1) is 0 Å². The second-order valence-electron chi connectivity index (χ2n) is 4.95. The fourth-order valence-corrected chi connectivity index (χ4v) is 4.68. The standard InChI is InChI=1S/C11H19.Al.2H/c1-2-6-10(5-1)9-11-7-3-4-8-11;;;/h9-11H,1-8H2;;;. The molecule has 0 aliphatic heterocycles. The Kier molecular flexibility index (Phi) is 3.16. The molecule has 2 saturated carbocycles. The van der Waals surface area contributed by atoms with Crippen molar-refractivity contribution >= 4 is 16.3 Å². The maximum Gasteiger partial charge on any atom is 0.217 e. The van der Waals surface area contributed by atoms with Gasteiger partial charge < -0.3 is 0 Å². The summed E-state index contributed by atoms with van der Waals surface area (Å²) in [5.41, 5.74) is 0. The Bertz CT molecular complexity index is 116. The number of rotatable bonds is 2. The van der Waals surface area contributed by atoms with Crippen LogP contribution in [0.25, 0.3) is 0 Å². The average molecular weight is 180 g/mol. The second-order valence-corrected chi connectivity index (χ2v) is 6.28. The molecule has 0 saturated heterocycles. The fraction of sp³-hybridized carbons (Fsp3) is 1.00. The van der Waals surface area contributed by atoms with Crippen LogP contribution in [-0.2, 0) is 0 Å². The van der Waals surface area contributed by atoms with Crippen molar-refractivity contribution in [2.24, 2.45) is 11.8 Å². The molecule has 0 aromatic rings. The monoisotopic (exact) mass is 180 g/mol. The third-order valence-electron chi connectivity index (χ3n) is 4.29. The minimum atomic E-state index is 1.17. The molecule has 0 amide bonds. The molecule has 0 aromatic heterocycles. The maximum atomic E-state index is 1.57. The van der Waals surface area contributed by atoms with Crippen LogP contribution in [0.5, 0.6) is 0 Å². The summed E-state index contributed by atoms with van der Waals surface area (Å²) in [5, 5.41) is 0. The van der Waals surface area contributed by atoms with Gasteiger partial charge in [-0.05, 0) is 0 Å². The SMILES string of the molecule is [AlH2][CH](C1CCCC1)C1CCCC1. The van der Waals surface area contributed by atoms with Crippen LogP contribution >= 0.6 is 0 Å². The van der Waals surface area contributed by atoms with E-state index in [1.807, 2.05) is 0 Å². The van der Waals surface area contributed by atoms with E-state index in [1.165, 1.54) is 58.6 Å². The Morgan fingerprint density at radius 3 is 1.42 bits per heavy atom. The zero-order valence-electron chi connectivity index (χ0n) is 8.39. The third kappa shape index (κ3) is 1.89. The molecule has 2 aliphatic carbocycles. The van der Waals surface area contributed by atoms with Crippen LogP contribution in [0.15, 0.2) is 0 Å². The van der Waals surface area contributed by atoms with Gasteiger partial charge in [-0.1, -0.05) is 68.0 Å². The van der Waals surface area contributed by atoms with Crippen LogP contribution < -0.4 is 0 Å². The van der Waals surface area contributed by atoms with Gasteiger partial charge in [0, 0.05) is 0 Å². The van der Waals surface area contributed by atoms with Crippen molar-refractivity contribution in [1.29, 1.82) is 0 Å². The van der Waals surface area contributed by atoms with Crippen LogP contribution in [0.4, 0.5) is 0 Å². The molecule has 2 aliphatic rings. The highest BCUT2D eigenvalue weighted by molar-refractivity contribution is 6.12. The fourth-order valence-electron chi connectivity index (χ4n) is 3.35. The lowest BCUT2D eigenvalue weighted by Crippen LogP contribution is -2.13. The summed E-state index contributed by atoms with van der Waals surface area (Å²) in [6.45, 7) is 0. The Morgan fingerprint density at radius 1 is 0.750 bits per heavy atom. The second kappa shape index (κ2) is 4.16. The van der Waals surface area contributed by atoms with E-state index in [4.69, 9.17) is 0 Å². The quantitative estimate of drug-likeness (QED) is 0.573. The molecule has 0 spiro atoms. The van der Waals surface area contributed by atoms with E-state index in [0.717, 1.165) is 0 Å². The molecular weight excluding hydrogens is 159 g/mol. The normalized spacial score (nSPS) is 27.4. The van der Waals surface area contributed by atoms with Crippen LogP contribution in [0.2, 0.25) is 4.78 Å². The van der Waals surface area contributed by atoms with E-state index in [2.05, 4.69) is 0 Å². The lowest BCUT2D eigenvalue weighted by atomic mass is 9.91. The highest BCUT2D eigenvalue weighted by Crippen LogP contribution is 2.43. The lowest BCUT2D eigenvalue weighted by Gasteiger charge is -2.25. The van der Waals surface area contributed by atoms with Gasteiger partial charge in [0.15, 0.2) is 0 Å². The van der Waals surface area contributed by atoms with Crippen molar-refractivity contribution < 1.29 is 0 Å². The van der Waals surface area contributed by atoms with Gasteiger partial charge in [0.25, 0.3) is 0 Å². The molecule has 0 radical (unpaired) electrons. The van der Waals surface area contributed by atoms with E-state index in [1.54, 1.807) is 25.7 Å². The van der Waals surface area contributed by atoms with Gasteiger partial charge in [-0.3, -0.25) is 0 Å². The molecule has 0 bridgehead atoms. The molecule has 68 valence electrons. The van der Waals surface area contributed by atoms with E-state index in [0.29, 0.717) is 0 Å². The molecule has 0 atom stereocenters. The summed E-state index contributed by atoms with van der Waals surface area (Å²) in [6.07, 6.45) is 12.4. The molecular formula is C11H21Al. The van der Waals surface area contributed by atoms with Gasteiger partial charge in [-0.15, -0.1) is 0 Å². The summed E-state index contributed by atoms with van der Waals surface area (Å²) in [7, 11) is 0. The van der Waals surface area contributed by atoms with Crippen LogP contribution in [-0.4, -0.2) is 16.3 Å². The van der Waals surface area contributed by atoms with Crippen molar-refractivity contribution in [3.63, 3.8) is 0 Å². The largest absolute Gasteiger partial charge is 0.217 e. The van der Waals surface area contributed by atoms with Crippen molar-refractivity contribution in [1.82, 2.24) is 0 Å². The van der Waals surface area contributed by atoms with Crippen molar-refractivity contribution in [3.05, 3.63) is 0 Å². The van der Waals surface area contributed by atoms with Gasteiger partial charge in [0.2, 0.25) is 16.3 Å². The molecule has 0 aromatic carbocycles. The Balaban J connectivity index is 1.84. The summed E-state index contributed by atoms with van der Waals surface area (Å²) < 4.78 is 1.19. The Morgan fingerprint density at radius 2 is 1.08 bits per heavy atom. The van der Waals surface area contributed by atoms with E-state index in [-0.39, 0.29) is 0 Å². The first kappa shape index (κ1) is 9.10. The molecule has 0 nitrogen and oxygen atoms in total. The highest BCUT2D eigenvalue weighted by Gasteiger charge is 2.29. The van der Waals surface area contributed by atoms with E-state index in [9.17, 15) is 0 Å². The summed E-state index contributed by atoms with van der Waals surface area (Å²) in [4.78, 5) is 0. The van der Waals surface area contributed by atoms with Crippen LogP contribution in [0.1, 0.15) is 51.4 Å². The van der Waals surface area contributed by atoms with Gasteiger partial charge in [-0.2, -0.15) is 0 Å². The summed E-state index contributed by atoms with van der Waals surface area (Å²) in [5.74, 6) is 2.33. The van der Waals surface area contributed by atoms with Gasteiger partial charge >= 0.3 is 0 Å². The molecule has 0 heterocycles. The molecule has 2 rings (SSSR count). The van der Waals surface area contributed by atoms with Crippen LogP contribution in [0.3, 0.4) is 0 Å². The van der Waals surface area contributed by atoms with E-state index < -0.39 is 0 Å². The van der Waals surface area contributed by atoms with Crippen molar-refractivity contribution in [2.75, 3.05) is 0 Å². The van der Waals surface area contributed by atoms with Gasteiger partial charge in [-0.25, -0.2) is 0 Å². The zero-order valence-corrected chi connectivity index (χ0v) is 10.4.